The molecule has 178 valence electrons. The first kappa shape index (κ1) is 24.2. The minimum Gasteiger partial charge on any atom is -0.354 e. The van der Waals surface area contributed by atoms with Crippen molar-refractivity contribution in [1.29, 1.82) is 0 Å². The van der Waals surface area contributed by atoms with Gasteiger partial charge in [-0.2, -0.15) is 8.42 Å². The number of hydrogen-bond acceptors (Lipinski definition) is 4. The van der Waals surface area contributed by atoms with Crippen LogP contribution in [0.3, 0.4) is 0 Å². The standard InChI is InChI=1S/C27H28N2.CH4O3S/c1-20-8-12-23(13-9-20)27(24-14-10-21(2)11-15-24)18-25(27)26-28-16-17-29(26)19-22-6-4-3-5-7-22;1-5(2,3)4/h3-15,25H,16-19H2,1-2H3;1H3,(H,2,3,4). The molecule has 3 aromatic rings. The average Bonchev–Trinajstić information content (AvgIpc) is 3.37. The van der Waals surface area contributed by atoms with E-state index in [1.165, 1.54) is 33.7 Å². The number of nitrogens with zero attached hydrogens (tertiary/aromatic N) is 2. The number of aryl methyl sites for hydroxylation is 2. The maximum absolute atomic E-state index is 9.19. The van der Waals surface area contributed by atoms with Gasteiger partial charge in [-0.05, 0) is 37.0 Å². The van der Waals surface area contributed by atoms with E-state index in [2.05, 4.69) is 97.6 Å². The summed E-state index contributed by atoms with van der Waals surface area (Å²) < 4.78 is 25.9. The van der Waals surface area contributed by atoms with Gasteiger partial charge < -0.3 is 4.90 Å². The second-order valence-electron chi connectivity index (χ2n) is 9.34. The van der Waals surface area contributed by atoms with Crippen LogP contribution in [-0.2, 0) is 22.1 Å². The molecule has 0 radical (unpaired) electrons. The van der Waals surface area contributed by atoms with Crippen molar-refractivity contribution >= 4 is 16.0 Å². The first-order valence-electron chi connectivity index (χ1n) is 11.6. The van der Waals surface area contributed by atoms with Crippen molar-refractivity contribution in [2.75, 3.05) is 19.3 Å². The van der Waals surface area contributed by atoms with Gasteiger partial charge in [-0.15, -0.1) is 0 Å². The lowest BCUT2D eigenvalue weighted by molar-refractivity contribution is 0.438. The fraction of sp³-hybridized carbons (Fsp3) is 0.321. The molecule has 0 spiro atoms. The van der Waals surface area contributed by atoms with Crippen LogP contribution in [0, 0.1) is 19.8 Å². The smallest absolute Gasteiger partial charge is 0.261 e. The quantitative estimate of drug-likeness (QED) is 0.525. The molecular formula is C28H32N2O3S. The molecule has 5 rings (SSSR count). The lowest BCUT2D eigenvalue weighted by atomic mass is 9.84. The monoisotopic (exact) mass is 476 g/mol. The topological polar surface area (TPSA) is 70.0 Å². The average molecular weight is 477 g/mol. The number of aliphatic imine (C=N–C) groups is 1. The van der Waals surface area contributed by atoms with Gasteiger partial charge in [0.25, 0.3) is 10.1 Å². The summed E-state index contributed by atoms with van der Waals surface area (Å²) in [6, 6.07) is 29.1. The molecule has 1 unspecified atom stereocenters. The van der Waals surface area contributed by atoms with E-state index in [0.717, 1.165) is 26.1 Å². The van der Waals surface area contributed by atoms with Crippen LogP contribution in [0.15, 0.2) is 83.9 Å². The molecule has 1 fully saturated rings. The van der Waals surface area contributed by atoms with Gasteiger partial charge >= 0.3 is 0 Å². The predicted molar refractivity (Wildman–Crippen MR) is 138 cm³/mol. The Balaban J connectivity index is 0.000000499. The molecule has 2 aliphatic rings. The zero-order chi connectivity index (χ0) is 24.3. The van der Waals surface area contributed by atoms with Crippen LogP contribution < -0.4 is 0 Å². The van der Waals surface area contributed by atoms with Crippen molar-refractivity contribution in [2.24, 2.45) is 10.9 Å². The van der Waals surface area contributed by atoms with Gasteiger partial charge in [-0.25, -0.2) is 0 Å². The van der Waals surface area contributed by atoms with Crippen molar-refractivity contribution in [3.8, 4) is 0 Å². The summed E-state index contributed by atoms with van der Waals surface area (Å²) in [6.45, 7) is 7.22. The Morgan fingerprint density at radius 3 is 1.91 bits per heavy atom. The largest absolute Gasteiger partial charge is 0.354 e. The van der Waals surface area contributed by atoms with E-state index in [4.69, 9.17) is 9.55 Å². The van der Waals surface area contributed by atoms with E-state index < -0.39 is 10.1 Å². The molecule has 0 saturated heterocycles. The fourth-order valence-electron chi connectivity index (χ4n) is 4.88. The Kier molecular flexibility index (Phi) is 6.91. The minimum atomic E-state index is -3.67. The van der Waals surface area contributed by atoms with Crippen LogP contribution in [0.2, 0.25) is 0 Å². The number of benzene rings is 3. The van der Waals surface area contributed by atoms with Crippen LogP contribution in [0.1, 0.15) is 34.2 Å². The highest BCUT2D eigenvalue weighted by molar-refractivity contribution is 7.85. The molecule has 5 nitrogen and oxygen atoms in total. The van der Waals surface area contributed by atoms with Gasteiger partial charge in [0.05, 0.1) is 12.8 Å². The Morgan fingerprint density at radius 2 is 1.41 bits per heavy atom. The molecule has 1 heterocycles. The molecule has 1 atom stereocenters. The summed E-state index contributed by atoms with van der Waals surface area (Å²) in [7, 11) is -3.67. The highest BCUT2D eigenvalue weighted by Gasteiger charge is 2.60. The molecule has 0 aromatic heterocycles. The SMILES string of the molecule is CS(=O)(=O)O.Cc1ccc(C2(c3ccc(C)cc3)CC2C2=NCCN2Cc2ccccc2)cc1. The molecule has 0 bridgehead atoms. The van der Waals surface area contributed by atoms with Crippen molar-refractivity contribution in [1.82, 2.24) is 4.90 Å². The van der Waals surface area contributed by atoms with Crippen LogP contribution in [0.5, 0.6) is 0 Å². The highest BCUT2D eigenvalue weighted by atomic mass is 32.2. The second-order valence-corrected chi connectivity index (χ2v) is 10.8. The van der Waals surface area contributed by atoms with Crippen molar-refractivity contribution in [3.05, 3.63) is 107 Å². The summed E-state index contributed by atoms with van der Waals surface area (Å²) >= 11 is 0. The fourth-order valence-corrected chi connectivity index (χ4v) is 4.88. The highest BCUT2D eigenvalue weighted by Crippen LogP contribution is 2.60. The van der Waals surface area contributed by atoms with Gasteiger partial charge in [0.2, 0.25) is 0 Å². The van der Waals surface area contributed by atoms with Gasteiger partial charge in [-0.3, -0.25) is 9.55 Å². The molecule has 34 heavy (non-hydrogen) atoms. The third-order valence-corrected chi connectivity index (χ3v) is 6.59. The molecule has 3 aromatic carbocycles. The normalized spacial score (nSPS) is 18.6. The van der Waals surface area contributed by atoms with E-state index in [1.807, 2.05) is 0 Å². The molecule has 0 amide bonds. The molecule has 1 saturated carbocycles. The minimum absolute atomic E-state index is 0.0551. The summed E-state index contributed by atoms with van der Waals surface area (Å²) in [4.78, 5) is 7.50. The van der Waals surface area contributed by atoms with Crippen LogP contribution in [0.25, 0.3) is 0 Å². The number of amidine groups is 1. The molecule has 1 N–H and O–H groups in total. The molecule has 1 aliphatic heterocycles. The first-order chi connectivity index (χ1) is 16.2. The van der Waals surface area contributed by atoms with Gasteiger partial charge in [0.15, 0.2) is 0 Å². The van der Waals surface area contributed by atoms with Crippen LogP contribution >= 0.6 is 0 Å². The van der Waals surface area contributed by atoms with Crippen molar-refractivity contribution in [3.63, 3.8) is 0 Å². The van der Waals surface area contributed by atoms with Crippen molar-refractivity contribution < 1.29 is 13.0 Å². The number of rotatable bonds is 5. The van der Waals surface area contributed by atoms with Crippen LogP contribution in [-0.4, -0.2) is 43.1 Å². The second kappa shape index (κ2) is 9.72. The lowest BCUT2D eigenvalue weighted by Gasteiger charge is -2.25. The Hall–Kier alpha value is -2.96. The maximum atomic E-state index is 9.19. The summed E-state index contributed by atoms with van der Waals surface area (Å²) in [5.74, 6) is 1.76. The van der Waals surface area contributed by atoms with E-state index in [-0.39, 0.29) is 5.41 Å². The Morgan fingerprint density at radius 1 is 0.912 bits per heavy atom. The maximum Gasteiger partial charge on any atom is 0.261 e. The van der Waals surface area contributed by atoms with E-state index in [1.54, 1.807) is 0 Å². The van der Waals surface area contributed by atoms with E-state index >= 15 is 0 Å². The zero-order valence-corrected chi connectivity index (χ0v) is 20.8. The third-order valence-electron chi connectivity index (χ3n) is 6.59. The lowest BCUT2D eigenvalue weighted by Crippen LogP contribution is -2.31. The number of hydrogen-bond donors (Lipinski definition) is 1. The zero-order valence-electron chi connectivity index (χ0n) is 20.0. The summed E-state index contributed by atoms with van der Waals surface area (Å²) in [5.41, 5.74) is 6.89. The molecular weight excluding hydrogens is 444 g/mol. The Bertz CT molecular complexity index is 1200. The summed E-state index contributed by atoms with van der Waals surface area (Å²) in [6.07, 6.45) is 1.86. The summed E-state index contributed by atoms with van der Waals surface area (Å²) in [5, 5.41) is 0. The van der Waals surface area contributed by atoms with Gasteiger partial charge in [-0.1, -0.05) is 90.0 Å². The molecule has 6 heteroatoms. The van der Waals surface area contributed by atoms with Gasteiger partial charge in [0, 0.05) is 24.4 Å². The Labute approximate surface area is 202 Å². The van der Waals surface area contributed by atoms with Crippen LogP contribution in [0.4, 0.5) is 0 Å². The van der Waals surface area contributed by atoms with E-state index in [0.29, 0.717) is 12.2 Å². The predicted octanol–water partition coefficient (Wildman–Crippen LogP) is 5.03. The van der Waals surface area contributed by atoms with Gasteiger partial charge in [0.1, 0.15) is 5.84 Å². The molecule has 1 aliphatic carbocycles. The van der Waals surface area contributed by atoms with Crippen molar-refractivity contribution in [2.45, 2.75) is 32.2 Å². The third kappa shape index (κ3) is 5.57. The first-order valence-corrected chi connectivity index (χ1v) is 13.4. The van der Waals surface area contributed by atoms with E-state index in [9.17, 15) is 8.42 Å².